The first kappa shape index (κ1) is 14.6. The van der Waals surface area contributed by atoms with E-state index in [0.717, 1.165) is 5.56 Å². The Morgan fingerprint density at radius 2 is 1.45 bits per heavy atom. The van der Waals surface area contributed by atoms with Crippen molar-refractivity contribution in [3.05, 3.63) is 60.2 Å². The minimum atomic E-state index is -3.54. The van der Waals surface area contributed by atoms with Gasteiger partial charge in [0.25, 0.3) is 10.0 Å². The molecule has 2 aromatic carbocycles. The van der Waals surface area contributed by atoms with Gasteiger partial charge in [0, 0.05) is 6.04 Å². The zero-order valence-electron chi connectivity index (χ0n) is 11.9. The average molecular weight is 289 g/mol. The lowest BCUT2D eigenvalue weighted by Gasteiger charge is -2.28. The molecule has 0 unspecified atom stereocenters. The molecule has 2 aromatic rings. The molecule has 0 aromatic heterocycles. The molecule has 0 amide bonds. The molecule has 0 N–H and O–H groups in total. The summed E-state index contributed by atoms with van der Waals surface area (Å²) < 4.78 is 27.1. The maximum Gasteiger partial charge on any atom is 0.264 e. The van der Waals surface area contributed by atoms with Crippen molar-refractivity contribution in [2.24, 2.45) is 0 Å². The van der Waals surface area contributed by atoms with Gasteiger partial charge in [0.1, 0.15) is 0 Å². The van der Waals surface area contributed by atoms with Gasteiger partial charge in [0.05, 0.1) is 10.6 Å². The highest BCUT2D eigenvalue weighted by molar-refractivity contribution is 7.92. The summed E-state index contributed by atoms with van der Waals surface area (Å²) in [5.74, 6) is 0. The molecule has 0 aliphatic heterocycles. The Morgan fingerprint density at radius 3 is 1.95 bits per heavy atom. The summed E-state index contributed by atoms with van der Waals surface area (Å²) in [7, 11) is -3.54. The number of benzene rings is 2. The third-order valence-corrected chi connectivity index (χ3v) is 5.08. The summed E-state index contributed by atoms with van der Waals surface area (Å²) >= 11 is 0. The minimum Gasteiger partial charge on any atom is -0.264 e. The second kappa shape index (κ2) is 5.67. The first-order valence-electron chi connectivity index (χ1n) is 6.59. The zero-order valence-corrected chi connectivity index (χ0v) is 12.8. The first-order valence-corrected chi connectivity index (χ1v) is 8.03. The number of aryl methyl sites for hydroxylation is 1. The third-order valence-electron chi connectivity index (χ3n) is 3.06. The zero-order chi connectivity index (χ0) is 14.8. The summed E-state index contributed by atoms with van der Waals surface area (Å²) in [6.07, 6.45) is 0. The van der Waals surface area contributed by atoms with Crippen LogP contribution in [0, 0.1) is 6.92 Å². The van der Waals surface area contributed by atoms with E-state index in [0.29, 0.717) is 10.6 Å². The number of rotatable bonds is 4. The van der Waals surface area contributed by atoms with Crippen molar-refractivity contribution in [1.82, 2.24) is 0 Å². The summed E-state index contributed by atoms with van der Waals surface area (Å²) in [6.45, 7) is 5.69. The van der Waals surface area contributed by atoms with E-state index >= 15 is 0 Å². The van der Waals surface area contributed by atoms with Crippen LogP contribution >= 0.6 is 0 Å². The fourth-order valence-corrected chi connectivity index (χ4v) is 3.77. The molecule has 0 saturated carbocycles. The number of para-hydroxylation sites is 1. The number of hydrogen-bond acceptors (Lipinski definition) is 2. The highest BCUT2D eigenvalue weighted by Gasteiger charge is 2.26. The predicted octanol–water partition coefficient (Wildman–Crippen LogP) is 3.60. The topological polar surface area (TPSA) is 37.4 Å². The first-order chi connectivity index (χ1) is 9.43. The van der Waals surface area contributed by atoms with E-state index in [-0.39, 0.29) is 6.04 Å². The normalized spacial score (nSPS) is 11.6. The van der Waals surface area contributed by atoms with Crippen LogP contribution in [0.15, 0.2) is 59.5 Å². The molecular weight excluding hydrogens is 270 g/mol. The van der Waals surface area contributed by atoms with E-state index in [9.17, 15) is 8.42 Å². The summed E-state index contributed by atoms with van der Waals surface area (Å²) in [6, 6.07) is 16.0. The van der Waals surface area contributed by atoms with Gasteiger partial charge in [-0.3, -0.25) is 4.31 Å². The van der Waals surface area contributed by atoms with Gasteiger partial charge in [-0.25, -0.2) is 8.42 Å². The molecule has 20 heavy (non-hydrogen) atoms. The van der Waals surface area contributed by atoms with E-state index in [1.54, 1.807) is 12.1 Å². The van der Waals surface area contributed by atoms with E-state index in [4.69, 9.17) is 0 Å². The number of anilines is 1. The second-order valence-electron chi connectivity index (χ2n) is 5.04. The molecule has 0 bridgehead atoms. The molecule has 3 nitrogen and oxygen atoms in total. The van der Waals surface area contributed by atoms with Gasteiger partial charge in [-0.2, -0.15) is 0 Å². The Kier molecular flexibility index (Phi) is 4.14. The molecule has 2 rings (SSSR count). The molecule has 0 aliphatic rings. The maximum atomic E-state index is 12.8. The Hall–Kier alpha value is -1.81. The Morgan fingerprint density at radius 1 is 0.900 bits per heavy atom. The Bertz CT molecular complexity index is 661. The Labute approximate surface area is 120 Å². The quantitative estimate of drug-likeness (QED) is 0.862. The molecule has 0 aliphatic carbocycles. The molecule has 4 heteroatoms. The van der Waals surface area contributed by atoms with Crippen molar-refractivity contribution in [2.45, 2.75) is 31.7 Å². The van der Waals surface area contributed by atoms with Crippen LogP contribution in [0.3, 0.4) is 0 Å². The maximum absolute atomic E-state index is 12.8. The molecule has 0 fully saturated rings. The summed E-state index contributed by atoms with van der Waals surface area (Å²) in [5.41, 5.74) is 1.72. The van der Waals surface area contributed by atoms with Gasteiger partial charge in [-0.1, -0.05) is 35.9 Å². The van der Waals surface area contributed by atoms with Crippen molar-refractivity contribution in [3.63, 3.8) is 0 Å². The van der Waals surface area contributed by atoms with Gasteiger partial charge in [0.2, 0.25) is 0 Å². The lowest BCUT2D eigenvalue weighted by atomic mass is 10.2. The SMILES string of the molecule is Cc1ccc(S(=O)(=O)N(c2ccccc2)C(C)C)cc1. The smallest absolute Gasteiger partial charge is 0.264 e. The van der Waals surface area contributed by atoms with E-state index in [1.165, 1.54) is 4.31 Å². The Balaban J connectivity index is 2.51. The minimum absolute atomic E-state index is 0.149. The van der Waals surface area contributed by atoms with Crippen molar-refractivity contribution in [2.75, 3.05) is 4.31 Å². The van der Waals surface area contributed by atoms with Crippen molar-refractivity contribution < 1.29 is 8.42 Å². The van der Waals surface area contributed by atoms with Gasteiger partial charge in [-0.05, 0) is 45.0 Å². The standard InChI is InChI=1S/C16H19NO2S/c1-13(2)17(15-7-5-4-6-8-15)20(18,19)16-11-9-14(3)10-12-16/h4-13H,1-3H3. The molecule has 0 saturated heterocycles. The van der Waals surface area contributed by atoms with Crippen LogP contribution in [0.4, 0.5) is 5.69 Å². The second-order valence-corrected chi connectivity index (χ2v) is 6.86. The summed E-state index contributed by atoms with van der Waals surface area (Å²) in [5, 5.41) is 0. The van der Waals surface area contributed by atoms with Crippen LogP contribution in [0.5, 0.6) is 0 Å². The molecule has 106 valence electrons. The van der Waals surface area contributed by atoms with Crippen molar-refractivity contribution in [1.29, 1.82) is 0 Å². The van der Waals surface area contributed by atoms with Crippen LogP contribution < -0.4 is 4.31 Å². The average Bonchev–Trinajstić information content (AvgIpc) is 2.39. The lowest BCUT2D eigenvalue weighted by Crippen LogP contribution is -2.36. The van der Waals surface area contributed by atoms with Crippen LogP contribution in [0.2, 0.25) is 0 Å². The molecular formula is C16H19NO2S. The molecule has 0 spiro atoms. The number of hydrogen-bond donors (Lipinski definition) is 0. The monoisotopic (exact) mass is 289 g/mol. The van der Waals surface area contributed by atoms with Gasteiger partial charge in [-0.15, -0.1) is 0 Å². The fraction of sp³-hybridized carbons (Fsp3) is 0.250. The fourth-order valence-electron chi connectivity index (χ4n) is 2.11. The van der Waals surface area contributed by atoms with Gasteiger partial charge >= 0.3 is 0 Å². The van der Waals surface area contributed by atoms with Gasteiger partial charge in [0.15, 0.2) is 0 Å². The number of nitrogens with zero attached hydrogens (tertiary/aromatic N) is 1. The van der Waals surface area contributed by atoms with Crippen LogP contribution in [-0.2, 0) is 10.0 Å². The highest BCUT2D eigenvalue weighted by Crippen LogP contribution is 2.25. The van der Waals surface area contributed by atoms with E-state index in [2.05, 4.69) is 0 Å². The van der Waals surface area contributed by atoms with Crippen molar-refractivity contribution >= 4 is 15.7 Å². The van der Waals surface area contributed by atoms with Crippen LogP contribution in [-0.4, -0.2) is 14.5 Å². The van der Waals surface area contributed by atoms with E-state index in [1.807, 2.05) is 63.2 Å². The largest absolute Gasteiger partial charge is 0.264 e. The molecule has 0 radical (unpaired) electrons. The highest BCUT2D eigenvalue weighted by atomic mass is 32.2. The van der Waals surface area contributed by atoms with Crippen LogP contribution in [0.25, 0.3) is 0 Å². The van der Waals surface area contributed by atoms with Crippen molar-refractivity contribution in [3.8, 4) is 0 Å². The van der Waals surface area contributed by atoms with Gasteiger partial charge < -0.3 is 0 Å². The number of sulfonamides is 1. The summed E-state index contributed by atoms with van der Waals surface area (Å²) in [4.78, 5) is 0.320. The predicted molar refractivity (Wildman–Crippen MR) is 82.4 cm³/mol. The van der Waals surface area contributed by atoms with Crippen LogP contribution in [0.1, 0.15) is 19.4 Å². The van der Waals surface area contributed by atoms with E-state index < -0.39 is 10.0 Å². The third kappa shape index (κ3) is 2.85. The lowest BCUT2D eigenvalue weighted by molar-refractivity contribution is 0.584. The molecule has 0 heterocycles. The molecule has 0 atom stereocenters.